The number of fused-ring (bicyclic) bond motifs is 1. The molecule has 0 aliphatic carbocycles. The molecule has 1 aliphatic rings. The van der Waals surface area contributed by atoms with Gasteiger partial charge in [-0.2, -0.15) is 0 Å². The van der Waals surface area contributed by atoms with Crippen molar-refractivity contribution in [1.82, 2.24) is 4.31 Å². The van der Waals surface area contributed by atoms with Crippen molar-refractivity contribution in [3.63, 3.8) is 0 Å². The van der Waals surface area contributed by atoms with Crippen molar-refractivity contribution in [2.24, 2.45) is 11.1 Å². The summed E-state index contributed by atoms with van der Waals surface area (Å²) in [6, 6.07) is 4.90. The van der Waals surface area contributed by atoms with Gasteiger partial charge in [-0.15, -0.1) is 12.4 Å². The largest absolute Gasteiger partial charge is 0.486 e. The molecule has 0 saturated heterocycles. The Bertz CT molecular complexity index is 619. The first-order valence-electron chi connectivity index (χ1n) is 6.83. The number of nitrogens with two attached hydrogens (primary N) is 1. The van der Waals surface area contributed by atoms with E-state index in [1.807, 2.05) is 13.8 Å². The van der Waals surface area contributed by atoms with Crippen LogP contribution in [0, 0.1) is 5.41 Å². The summed E-state index contributed by atoms with van der Waals surface area (Å²) in [5.41, 5.74) is 5.38. The number of hydrogen-bond donors (Lipinski definition) is 1. The summed E-state index contributed by atoms with van der Waals surface area (Å²) < 4.78 is 37.7. The monoisotopic (exact) mass is 350 g/mol. The van der Waals surface area contributed by atoms with E-state index >= 15 is 0 Å². The molecule has 1 aromatic carbocycles. The molecule has 22 heavy (non-hydrogen) atoms. The average molecular weight is 351 g/mol. The summed E-state index contributed by atoms with van der Waals surface area (Å²) in [5, 5.41) is 0. The summed E-state index contributed by atoms with van der Waals surface area (Å²) in [7, 11) is -2.10. The third-order valence-corrected chi connectivity index (χ3v) is 5.25. The Morgan fingerprint density at radius 1 is 1.27 bits per heavy atom. The van der Waals surface area contributed by atoms with Gasteiger partial charge in [0.2, 0.25) is 10.0 Å². The molecule has 1 heterocycles. The number of para-hydroxylation sites is 1. The normalized spacial score (nSPS) is 14.6. The Morgan fingerprint density at radius 3 is 2.55 bits per heavy atom. The maximum atomic E-state index is 12.7. The van der Waals surface area contributed by atoms with Crippen molar-refractivity contribution < 1.29 is 17.9 Å². The minimum absolute atomic E-state index is 0. The molecule has 0 atom stereocenters. The summed E-state index contributed by atoms with van der Waals surface area (Å²) >= 11 is 0. The van der Waals surface area contributed by atoms with Crippen molar-refractivity contribution in [3.8, 4) is 11.5 Å². The molecule has 2 N–H and O–H groups in total. The van der Waals surface area contributed by atoms with Gasteiger partial charge in [-0.25, -0.2) is 12.7 Å². The second-order valence-corrected chi connectivity index (χ2v) is 7.92. The van der Waals surface area contributed by atoms with Gasteiger partial charge >= 0.3 is 0 Å². The molecule has 0 fully saturated rings. The first-order valence-corrected chi connectivity index (χ1v) is 8.27. The molecule has 0 spiro atoms. The highest BCUT2D eigenvalue weighted by Gasteiger charge is 2.31. The molecule has 2 rings (SSSR count). The smallest absolute Gasteiger partial charge is 0.246 e. The van der Waals surface area contributed by atoms with E-state index < -0.39 is 10.0 Å². The fourth-order valence-electron chi connectivity index (χ4n) is 2.17. The van der Waals surface area contributed by atoms with Crippen molar-refractivity contribution in [1.29, 1.82) is 0 Å². The van der Waals surface area contributed by atoms with Crippen molar-refractivity contribution in [2.45, 2.75) is 18.7 Å². The van der Waals surface area contributed by atoms with E-state index in [0.717, 1.165) is 0 Å². The van der Waals surface area contributed by atoms with E-state index in [0.29, 0.717) is 37.8 Å². The van der Waals surface area contributed by atoms with Gasteiger partial charge in [-0.05, 0) is 24.1 Å². The zero-order valence-electron chi connectivity index (χ0n) is 13.0. The maximum absolute atomic E-state index is 12.7. The van der Waals surface area contributed by atoms with Gasteiger partial charge in [0, 0.05) is 13.6 Å². The number of ether oxygens (including phenoxy) is 2. The van der Waals surface area contributed by atoms with Gasteiger partial charge < -0.3 is 15.2 Å². The van der Waals surface area contributed by atoms with Crippen LogP contribution >= 0.6 is 12.4 Å². The molecule has 6 nitrogen and oxygen atoms in total. The van der Waals surface area contributed by atoms with Crippen LogP contribution in [0.1, 0.15) is 13.8 Å². The van der Waals surface area contributed by atoms with Crippen LogP contribution in [0.4, 0.5) is 0 Å². The average Bonchev–Trinajstić information content (AvgIpc) is 2.46. The zero-order chi connectivity index (χ0) is 15.7. The van der Waals surface area contributed by atoms with Gasteiger partial charge in [-0.1, -0.05) is 19.9 Å². The molecule has 0 amide bonds. The van der Waals surface area contributed by atoms with Gasteiger partial charge in [0.25, 0.3) is 0 Å². The molecule has 1 aromatic rings. The van der Waals surface area contributed by atoms with E-state index in [1.165, 1.54) is 10.4 Å². The quantitative estimate of drug-likeness (QED) is 0.869. The molecule has 0 bridgehead atoms. The first-order chi connectivity index (χ1) is 9.78. The number of sulfonamides is 1. The molecule has 126 valence electrons. The van der Waals surface area contributed by atoms with Crippen LogP contribution in [-0.2, 0) is 10.0 Å². The summed E-state index contributed by atoms with van der Waals surface area (Å²) in [5.74, 6) is 0.759. The van der Waals surface area contributed by atoms with E-state index in [-0.39, 0.29) is 22.7 Å². The van der Waals surface area contributed by atoms with E-state index in [2.05, 4.69) is 0 Å². The lowest BCUT2D eigenvalue weighted by Crippen LogP contribution is -2.40. The number of hydrogen-bond acceptors (Lipinski definition) is 5. The Kier molecular flexibility index (Phi) is 6.09. The third-order valence-electron chi connectivity index (χ3n) is 3.42. The Hall–Kier alpha value is -1.02. The van der Waals surface area contributed by atoms with Crippen LogP contribution < -0.4 is 15.2 Å². The summed E-state index contributed by atoms with van der Waals surface area (Å²) in [6.07, 6.45) is 0. The van der Waals surface area contributed by atoms with Crippen LogP contribution in [0.2, 0.25) is 0 Å². The van der Waals surface area contributed by atoms with Crippen LogP contribution in [-0.4, -0.2) is 46.1 Å². The lowest BCUT2D eigenvalue weighted by Gasteiger charge is -2.29. The van der Waals surface area contributed by atoms with Crippen LogP contribution in [0.15, 0.2) is 23.1 Å². The van der Waals surface area contributed by atoms with Gasteiger partial charge in [0.15, 0.2) is 11.5 Å². The fourth-order valence-corrected chi connectivity index (χ4v) is 3.67. The van der Waals surface area contributed by atoms with Crippen LogP contribution in [0.3, 0.4) is 0 Å². The number of nitrogens with zero attached hydrogens (tertiary/aromatic N) is 1. The van der Waals surface area contributed by atoms with Gasteiger partial charge in [0.1, 0.15) is 18.1 Å². The Balaban J connectivity index is 0.00000242. The minimum atomic E-state index is -3.65. The first kappa shape index (κ1) is 19.0. The lowest BCUT2D eigenvalue weighted by atomic mass is 9.94. The van der Waals surface area contributed by atoms with Gasteiger partial charge in [-0.3, -0.25) is 0 Å². The third kappa shape index (κ3) is 3.84. The molecule has 0 saturated carbocycles. The topological polar surface area (TPSA) is 81.9 Å². The summed E-state index contributed by atoms with van der Waals surface area (Å²) in [4.78, 5) is 0.134. The molecule has 8 heteroatoms. The zero-order valence-corrected chi connectivity index (χ0v) is 14.7. The number of rotatable bonds is 5. The molecular formula is C14H23ClN2O4S. The van der Waals surface area contributed by atoms with E-state index in [1.54, 1.807) is 19.2 Å². The van der Waals surface area contributed by atoms with Crippen molar-refractivity contribution >= 4 is 22.4 Å². The Labute approximate surface area is 138 Å². The molecule has 0 aromatic heterocycles. The molecular weight excluding hydrogens is 328 g/mol. The highest BCUT2D eigenvalue weighted by atomic mass is 35.5. The Morgan fingerprint density at radius 2 is 1.91 bits per heavy atom. The van der Waals surface area contributed by atoms with Gasteiger partial charge in [0.05, 0.1) is 0 Å². The number of halogens is 1. The van der Waals surface area contributed by atoms with E-state index in [4.69, 9.17) is 15.2 Å². The molecule has 0 unspecified atom stereocenters. The fraction of sp³-hybridized carbons (Fsp3) is 0.571. The van der Waals surface area contributed by atoms with Crippen LogP contribution in [0.5, 0.6) is 11.5 Å². The van der Waals surface area contributed by atoms with E-state index in [9.17, 15) is 8.42 Å². The second kappa shape index (κ2) is 7.04. The molecule has 0 radical (unpaired) electrons. The predicted octanol–water partition coefficient (Wildman–Crippen LogP) is 1.48. The highest BCUT2D eigenvalue weighted by Crippen LogP contribution is 2.37. The number of benzene rings is 1. The maximum Gasteiger partial charge on any atom is 0.246 e. The predicted molar refractivity (Wildman–Crippen MR) is 87.3 cm³/mol. The van der Waals surface area contributed by atoms with Crippen LogP contribution in [0.25, 0.3) is 0 Å². The summed E-state index contributed by atoms with van der Waals surface area (Å²) in [6.45, 7) is 5.36. The highest BCUT2D eigenvalue weighted by molar-refractivity contribution is 7.89. The SMILES string of the molecule is CN(CC(C)(C)CN)S(=O)(=O)c1cccc2c1OCCO2.Cl. The lowest BCUT2D eigenvalue weighted by molar-refractivity contribution is 0.166. The van der Waals surface area contributed by atoms with Crippen molar-refractivity contribution in [3.05, 3.63) is 18.2 Å². The second-order valence-electron chi connectivity index (χ2n) is 5.91. The van der Waals surface area contributed by atoms with Crippen molar-refractivity contribution in [2.75, 3.05) is 33.4 Å². The standard InChI is InChI=1S/C14H22N2O4S.ClH/c1-14(2,9-15)10-16(3)21(17,18)12-6-4-5-11-13(12)20-8-7-19-11;/h4-6H,7-10,15H2,1-3H3;1H. The minimum Gasteiger partial charge on any atom is -0.486 e. The molecule has 1 aliphatic heterocycles.